The van der Waals surface area contributed by atoms with Crippen molar-refractivity contribution < 1.29 is 13.6 Å². The largest absolute Gasteiger partial charge is 0.345 e. The summed E-state index contributed by atoms with van der Waals surface area (Å²) in [5.41, 5.74) is 0.246. The molecule has 20 heavy (non-hydrogen) atoms. The number of pyridine rings is 1. The van der Waals surface area contributed by atoms with E-state index in [9.17, 15) is 13.6 Å². The van der Waals surface area contributed by atoms with Crippen LogP contribution in [-0.4, -0.2) is 10.9 Å². The number of hydrogen-bond donors (Lipinski definition) is 1. The predicted molar refractivity (Wildman–Crippen MR) is 71.5 cm³/mol. The minimum Gasteiger partial charge on any atom is -0.345 e. The summed E-state index contributed by atoms with van der Waals surface area (Å²) in [5.74, 6) is -1.71. The number of rotatable bonds is 3. The molecule has 2 rings (SSSR count). The Morgan fingerprint density at radius 3 is 2.75 bits per heavy atom. The molecule has 1 N–H and O–H groups in total. The first-order valence-electron chi connectivity index (χ1n) is 5.85. The Bertz CT molecular complexity index is 649. The lowest BCUT2D eigenvalue weighted by Gasteiger charge is -2.15. The molecule has 0 aliphatic heterocycles. The van der Waals surface area contributed by atoms with Crippen LogP contribution in [0.15, 0.2) is 36.5 Å². The van der Waals surface area contributed by atoms with E-state index in [1.807, 2.05) is 0 Å². The minimum atomic E-state index is -0.668. The molecule has 0 radical (unpaired) electrons. The number of hydrogen-bond acceptors (Lipinski definition) is 2. The number of carbonyl (C=O) groups excluding carboxylic acids is 1. The number of carbonyl (C=O) groups is 1. The molecule has 0 aliphatic carbocycles. The van der Waals surface area contributed by atoms with Crippen molar-refractivity contribution >= 4 is 17.5 Å². The zero-order chi connectivity index (χ0) is 14.7. The highest BCUT2D eigenvalue weighted by Crippen LogP contribution is 2.19. The molecule has 1 unspecified atom stereocenters. The van der Waals surface area contributed by atoms with Crippen LogP contribution >= 0.6 is 11.6 Å². The van der Waals surface area contributed by atoms with Crippen molar-refractivity contribution in [2.75, 3.05) is 0 Å². The lowest BCUT2D eigenvalue weighted by molar-refractivity contribution is 0.0938. The second-order valence-corrected chi connectivity index (χ2v) is 4.57. The smallest absolute Gasteiger partial charge is 0.254 e. The van der Waals surface area contributed by atoms with E-state index in [4.69, 9.17) is 11.6 Å². The monoisotopic (exact) mass is 296 g/mol. The third-order valence-corrected chi connectivity index (χ3v) is 3.07. The van der Waals surface area contributed by atoms with Gasteiger partial charge in [-0.25, -0.2) is 13.8 Å². The van der Waals surface area contributed by atoms with Crippen LogP contribution in [0.4, 0.5) is 8.78 Å². The van der Waals surface area contributed by atoms with E-state index in [0.717, 1.165) is 12.3 Å². The molecular formula is C14H11ClF2N2O. The van der Waals surface area contributed by atoms with E-state index < -0.39 is 23.6 Å². The second-order valence-electron chi connectivity index (χ2n) is 4.21. The molecule has 0 bridgehead atoms. The average Bonchev–Trinajstić information content (AvgIpc) is 2.41. The van der Waals surface area contributed by atoms with Crippen LogP contribution in [0.1, 0.15) is 28.9 Å². The number of amides is 1. The summed E-state index contributed by atoms with van der Waals surface area (Å²) in [5, 5.41) is 2.44. The first kappa shape index (κ1) is 14.4. The number of nitrogens with zero attached hydrogens (tertiary/aromatic N) is 1. The van der Waals surface area contributed by atoms with Crippen LogP contribution < -0.4 is 5.32 Å². The zero-order valence-corrected chi connectivity index (χ0v) is 11.3. The van der Waals surface area contributed by atoms with Gasteiger partial charge in [-0.2, -0.15) is 0 Å². The molecule has 0 saturated carbocycles. The van der Waals surface area contributed by atoms with Crippen LogP contribution in [0.5, 0.6) is 0 Å². The summed E-state index contributed by atoms with van der Waals surface area (Å²) in [6.07, 6.45) is 0.916. The van der Waals surface area contributed by atoms with Gasteiger partial charge in [-0.15, -0.1) is 0 Å². The number of benzene rings is 1. The van der Waals surface area contributed by atoms with Crippen LogP contribution in [0.3, 0.4) is 0 Å². The fourth-order valence-corrected chi connectivity index (χ4v) is 1.95. The van der Waals surface area contributed by atoms with Gasteiger partial charge < -0.3 is 5.32 Å². The lowest BCUT2D eigenvalue weighted by atomic mass is 10.1. The predicted octanol–water partition coefficient (Wildman–Crippen LogP) is 3.50. The van der Waals surface area contributed by atoms with Crippen LogP contribution in [-0.2, 0) is 0 Å². The molecular weight excluding hydrogens is 286 g/mol. The number of nitrogens with one attached hydrogen (secondary N) is 1. The van der Waals surface area contributed by atoms with Crippen LogP contribution in [0.2, 0.25) is 5.15 Å². The number of aromatic nitrogens is 1. The Hall–Kier alpha value is -2.01. The molecule has 3 nitrogen and oxygen atoms in total. The van der Waals surface area contributed by atoms with Gasteiger partial charge in [0.2, 0.25) is 0 Å². The maximum atomic E-state index is 13.6. The molecule has 2 aromatic rings. The van der Waals surface area contributed by atoms with E-state index >= 15 is 0 Å². The molecule has 1 heterocycles. The molecule has 1 aromatic carbocycles. The van der Waals surface area contributed by atoms with E-state index in [0.29, 0.717) is 5.56 Å². The normalized spacial score (nSPS) is 12.0. The van der Waals surface area contributed by atoms with Gasteiger partial charge >= 0.3 is 0 Å². The van der Waals surface area contributed by atoms with Gasteiger partial charge in [0, 0.05) is 5.56 Å². The quantitative estimate of drug-likeness (QED) is 0.881. The summed E-state index contributed by atoms with van der Waals surface area (Å²) in [6, 6.07) is 6.49. The van der Waals surface area contributed by atoms with Crippen molar-refractivity contribution in [3.05, 3.63) is 64.4 Å². The van der Waals surface area contributed by atoms with E-state index in [-0.39, 0.29) is 10.7 Å². The molecule has 104 valence electrons. The SMILES string of the molecule is CC(NC(=O)c1cc(F)cnc1Cl)c1ccccc1F. The zero-order valence-electron chi connectivity index (χ0n) is 10.5. The van der Waals surface area contributed by atoms with Crippen molar-refractivity contribution in [3.63, 3.8) is 0 Å². The summed E-state index contributed by atoms with van der Waals surface area (Å²) in [6.45, 7) is 1.62. The topological polar surface area (TPSA) is 42.0 Å². The fraction of sp³-hybridized carbons (Fsp3) is 0.143. The Labute approximate surface area is 119 Å². The summed E-state index contributed by atoms with van der Waals surface area (Å²) in [7, 11) is 0. The Kier molecular flexibility index (Phi) is 4.29. The van der Waals surface area contributed by atoms with Gasteiger partial charge in [-0.05, 0) is 19.1 Å². The first-order chi connectivity index (χ1) is 9.49. The lowest BCUT2D eigenvalue weighted by Crippen LogP contribution is -2.27. The van der Waals surface area contributed by atoms with Crippen molar-refractivity contribution in [2.45, 2.75) is 13.0 Å². The molecule has 0 aliphatic rings. The Morgan fingerprint density at radius 2 is 2.05 bits per heavy atom. The highest BCUT2D eigenvalue weighted by molar-refractivity contribution is 6.32. The average molecular weight is 297 g/mol. The molecule has 1 amide bonds. The van der Waals surface area contributed by atoms with Crippen molar-refractivity contribution in [1.29, 1.82) is 0 Å². The summed E-state index contributed by atoms with van der Waals surface area (Å²) < 4.78 is 26.7. The van der Waals surface area contributed by atoms with Gasteiger partial charge in [-0.3, -0.25) is 4.79 Å². The minimum absolute atomic E-state index is 0.0881. The highest BCUT2D eigenvalue weighted by Gasteiger charge is 2.17. The van der Waals surface area contributed by atoms with Gasteiger partial charge in [-0.1, -0.05) is 29.8 Å². The summed E-state index contributed by atoms with van der Waals surface area (Å²) in [4.78, 5) is 15.5. The maximum Gasteiger partial charge on any atom is 0.254 e. The van der Waals surface area contributed by atoms with E-state index in [1.54, 1.807) is 25.1 Å². The van der Waals surface area contributed by atoms with Crippen LogP contribution in [0, 0.1) is 11.6 Å². The molecule has 0 spiro atoms. The molecule has 0 fully saturated rings. The van der Waals surface area contributed by atoms with Crippen molar-refractivity contribution in [1.82, 2.24) is 10.3 Å². The van der Waals surface area contributed by atoms with Crippen molar-refractivity contribution in [2.24, 2.45) is 0 Å². The first-order valence-corrected chi connectivity index (χ1v) is 6.23. The van der Waals surface area contributed by atoms with E-state index in [2.05, 4.69) is 10.3 Å². The van der Waals surface area contributed by atoms with E-state index in [1.165, 1.54) is 6.07 Å². The highest BCUT2D eigenvalue weighted by atomic mass is 35.5. The Morgan fingerprint density at radius 1 is 1.35 bits per heavy atom. The third-order valence-electron chi connectivity index (χ3n) is 2.77. The third kappa shape index (κ3) is 3.11. The van der Waals surface area contributed by atoms with Gasteiger partial charge in [0.1, 0.15) is 16.8 Å². The number of halogens is 3. The molecule has 1 atom stereocenters. The van der Waals surface area contributed by atoms with Gasteiger partial charge in [0.05, 0.1) is 17.8 Å². The standard InChI is InChI=1S/C14H11ClF2N2O/c1-8(10-4-2-3-5-12(10)17)19-14(20)11-6-9(16)7-18-13(11)15/h2-8H,1H3,(H,19,20). The summed E-state index contributed by atoms with van der Waals surface area (Å²) >= 11 is 5.74. The van der Waals surface area contributed by atoms with Crippen LogP contribution in [0.25, 0.3) is 0 Å². The van der Waals surface area contributed by atoms with Gasteiger partial charge in [0.25, 0.3) is 5.91 Å². The Balaban J connectivity index is 2.20. The fourth-order valence-electron chi connectivity index (χ4n) is 1.76. The van der Waals surface area contributed by atoms with Crippen molar-refractivity contribution in [3.8, 4) is 0 Å². The van der Waals surface area contributed by atoms with Gasteiger partial charge in [0.15, 0.2) is 0 Å². The maximum absolute atomic E-state index is 13.6. The molecule has 0 saturated heterocycles. The molecule has 6 heteroatoms. The second kappa shape index (κ2) is 5.96. The molecule has 1 aromatic heterocycles.